The van der Waals surface area contributed by atoms with E-state index in [1.165, 1.54) is 17.9 Å². The van der Waals surface area contributed by atoms with E-state index < -0.39 is 31.9 Å². The summed E-state index contributed by atoms with van der Waals surface area (Å²) < 4.78 is 37.7. The summed E-state index contributed by atoms with van der Waals surface area (Å²) in [6, 6.07) is 2.32. The predicted molar refractivity (Wildman–Crippen MR) is 117 cm³/mol. The fourth-order valence-corrected chi connectivity index (χ4v) is 4.05. The van der Waals surface area contributed by atoms with Crippen molar-refractivity contribution in [1.82, 2.24) is 15.0 Å². The Morgan fingerprint density at radius 3 is 2.73 bits per heavy atom. The van der Waals surface area contributed by atoms with Gasteiger partial charge < -0.3 is 5.11 Å². The van der Waals surface area contributed by atoms with Crippen molar-refractivity contribution >= 4 is 26.6 Å². The van der Waals surface area contributed by atoms with Crippen LogP contribution in [0.4, 0.5) is 4.39 Å². The number of aromatic nitrogens is 2. The molecule has 0 saturated heterocycles. The van der Waals surface area contributed by atoms with Gasteiger partial charge in [0.25, 0.3) is 11.5 Å². The summed E-state index contributed by atoms with van der Waals surface area (Å²) in [6.07, 6.45) is 2.51. The highest BCUT2D eigenvalue weighted by atomic mass is 32.2. The molecule has 3 N–H and O–H groups in total. The summed E-state index contributed by atoms with van der Waals surface area (Å²) in [5.74, 6) is 9.09. The van der Waals surface area contributed by atoms with E-state index in [-0.39, 0.29) is 47.9 Å². The van der Waals surface area contributed by atoms with Gasteiger partial charge in [0, 0.05) is 25.3 Å². The van der Waals surface area contributed by atoms with Crippen LogP contribution in [-0.4, -0.2) is 51.8 Å². The lowest BCUT2D eigenvalue weighted by Crippen LogP contribution is -2.50. The first-order valence-electron chi connectivity index (χ1n) is 9.97. The molecule has 0 spiro atoms. The van der Waals surface area contributed by atoms with Crippen LogP contribution in [0.2, 0.25) is 0 Å². The summed E-state index contributed by atoms with van der Waals surface area (Å²) in [5.41, 5.74) is 0.920. The maximum absolute atomic E-state index is 14.5. The van der Waals surface area contributed by atoms with Gasteiger partial charge in [0.1, 0.15) is 5.82 Å². The average Bonchev–Trinajstić information content (AvgIpc) is 3.54. The van der Waals surface area contributed by atoms with E-state index in [4.69, 9.17) is 10.3 Å². The molecule has 2 aromatic rings. The van der Waals surface area contributed by atoms with Gasteiger partial charge in [-0.05, 0) is 55.6 Å². The Bertz CT molecular complexity index is 1400. The number of fused-ring (bicyclic) bond motifs is 1. The zero-order chi connectivity index (χ0) is 24.4. The van der Waals surface area contributed by atoms with E-state index in [9.17, 15) is 22.4 Å². The van der Waals surface area contributed by atoms with Crippen molar-refractivity contribution in [3.8, 4) is 23.7 Å². The van der Waals surface area contributed by atoms with Gasteiger partial charge in [0.15, 0.2) is 14.6 Å². The van der Waals surface area contributed by atoms with E-state index in [0.717, 1.165) is 30.2 Å². The molecular weight excluding hydrogens is 453 g/mol. The number of hydroxylamine groups is 1. The number of aryl methyl sites for hydroxylation is 1. The summed E-state index contributed by atoms with van der Waals surface area (Å²) in [5, 5.41) is 17.9. The van der Waals surface area contributed by atoms with Crippen LogP contribution in [0.3, 0.4) is 0 Å². The van der Waals surface area contributed by atoms with Crippen LogP contribution in [0, 0.1) is 41.3 Å². The first-order valence-corrected chi connectivity index (χ1v) is 11.9. The lowest BCUT2D eigenvalue weighted by atomic mass is 10.1. The number of benzene rings is 1. The molecule has 1 aromatic carbocycles. The van der Waals surface area contributed by atoms with Gasteiger partial charge >= 0.3 is 0 Å². The Morgan fingerprint density at radius 2 is 2.12 bits per heavy atom. The Kier molecular flexibility index (Phi) is 6.89. The van der Waals surface area contributed by atoms with Crippen LogP contribution in [0.5, 0.6) is 0 Å². The van der Waals surface area contributed by atoms with E-state index in [1.54, 1.807) is 0 Å². The summed E-state index contributed by atoms with van der Waals surface area (Å²) in [4.78, 5) is 28.8. The normalized spacial score (nSPS) is 18.9. The van der Waals surface area contributed by atoms with Gasteiger partial charge in [-0.15, -0.1) is 0 Å². The molecule has 1 aromatic heterocycles. The second-order valence-electron chi connectivity index (χ2n) is 8.09. The minimum Gasteiger partial charge on any atom is -0.396 e. The first-order chi connectivity index (χ1) is 15.5. The molecule has 1 fully saturated rings. The lowest BCUT2D eigenvalue weighted by Gasteiger charge is -2.25. The SMILES string of the molecule is C[C@@](CCn1cnc2cc(C#CC#C[C@H]3C[C@@H]3CO)c(F)cc2c1=O)(C(=O)NO)S(C)(=O)=O. The van der Waals surface area contributed by atoms with Gasteiger partial charge in [-0.25, -0.2) is 23.3 Å². The van der Waals surface area contributed by atoms with Crippen molar-refractivity contribution < 1.29 is 27.9 Å². The van der Waals surface area contributed by atoms with Gasteiger partial charge in [0.05, 0.1) is 22.8 Å². The van der Waals surface area contributed by atoms with Gasteiger partial charge in [0.2, 0.25) is 0 Å². The number of sulfone groups is 1. The molecule has 1 saturated carbocycles. The number of carbonyl (C=O) groups is 1. The zero-order valence-corrected chi connectivity index (χ0v) is 18.7. The number of nitrogens with one attached hydrogen (secondary N) is 1. The zero-order valence-electron chi connectivity index (χ0n) is 17.9. The van der Waals surface area contributed by atoms with Crippen LogP contribution >= 0.6 is 0 Å². The van der Waals surface area contributed by atoms with E-state index >= 15 is 0 Å². The van der Waals surface area contributed by atoms with Gasteiger partial charge in [-0.2, -0.15) is 0 Å². The molecule has 9 nitrogen and oxygen atoms in total. The summed E-state index contributed by atoms with van der Waals surface area (Å²) in [6.45, 7) is 0.999. The Morgan fingerprint density at radius 1 is 1.39 bits per heavy atom. The van der Waals surface area contributed by atoms with E-state index in [0.29, 0.717) is 0 Å². The molecule has 1 aliphatic rings. The van der Waals surface area contributed by atoms with Crippen molar-refractivity contribution in [2.75, 3.05) is 12.9 Å². The monoisotopic (exact) mass is 475 g/mol. The van der Waals surface area contributed by atoms with Crippen molar-refractivity contribution in [3.05, 3.63) is 40.2 Å². The maximum Gasteiger partial charge on any atom is 0.264 e. The predicted octanol–water partition coefficient (Wildman–Crippen LogP) is 0.218. The number of aliphatic hydroxyl groups excluding tert-OH is 1. The van der Waals surface area contributed by atoms with Crippen molar-refractivity contribution in [2.45, 2.75) is 31.1 Å². The third-order valence-electron chi connectivity index (χ3n) is 5.82. The molecule has 0 radical (unpaired) electrons. The van der Waals surface area contributed by atoms with Crippen molar-refractivity contribution in [1.29, 1.82) is 0 Å². The molecular formula is C22H22FN3O6S. The van der Waals surface area contributed by atoms with E-state index in [2.05, 4.69) is 28.7 Å². The largest absolute Gasteiger partial charge is 0.396 e. The van der Waals surface area contributed by atoms with Gasteiger partial charge in [-0.1, -0.05) is 5.92 Å². The summed E-state index contributed by atoms with van der Waals surface area (Å²) in [7, 11) is -3.94. The Labute approximate surface area is 189 Å². The second-order valence-corrected chi connectivity index (χ2v) is 10.5. The van der Waals surface area contributed by atoms with Crippen LogP contribution in [-0.2, 0) is 21.2 Å². The Hall–Kier alpha value is -3.25. The fraction of sp³-hybridized carbons (Fsp3) is 0.409. The number of aliphatic hydroxyl groups is 1. The number of nitrogens with zero attached hydrogens (tertiary/aromatic N) is 2. The quantitative estimate of drug-likeness (QED) is 0.309. The standard InChI is InChI=1S/C22H22FN3O6S/c1-22(21(29)25-30,33(2,31)32)7-8-26-13-24-19-10-15(18(23)11-17(19)20(26)28)6-4-3-5-14-9-16(14)12-27/h10-11,13-14,16,27,30H,7-9,12H2,1-2H3,(H,25,29)/t14-,16+,22+/m0/s1. The molecule has 3 atom stereocenters. The molecule has 0 bridgehead atoms. The van der Waals surface area contributed by atoms with Crippen LogP contribution in [0.25, 0.3) is 10.9 Å². The number of carbonyl (C=O) groups excluding carboxylic acids is 1. The minimum absolute atomic E-state index is 0.0141. The number of halogens is 1. The van der Waals surface area contributed by atoms with Crippen LogP contribution < -0.4 is 11.0 Å². The first kappa shape index (κ1) is 24.4. The number of amides is 1. The highest BCUT2D eigenvalue weighted by molar-refractivity contribution is 7.92. The average molecular weight is 475 g/mol. The van der Waals surface area contributed by atoms with Gasteiger partial charge in [-0.3, -0.25) is 19.4 Å². The highest BCUT2D eigenvalue weighted by Crippen LogP contribution is 2.36. The van der Waals surface area contributed by atoms with Crippen LogP contribution in [0.1, 0.15) is 25.3 Å². The molecule has 1 amide bonds. The molecule has 0 aliphatic heterocycles. The molecule has 3 rings (SSSR count). The molecule has 33 heavy (non-hydrogen) atoms. The molecule has 1 heterocycles. The molecule has 174 valence electrons. The van der Waals surface area contributed by atoms with Crippen molar-refractivity contribution in [2.24, 2.45) is 11.8 Å². The van der Waals surface area contributed by atoms with E-state index in [1.807, 2.05) is 0 Å². The Balaban J connectivity index is 1.86. The third-order valence-corrected chi connectivity index (χ3v) is 7.84. The molecule has 1 aliphatic carbocycles. The minimum atomic E-state index is -3.94. The fourth-order valence-electron chi connectivity index (χ4n) is 3.21. The lowest BCUT2D eigenvalue weighted by molar-refractivity contribution is -0.131. The van der Waals surface area contributed by atoms with Crippen LogP contribution in [0.15, 0.2) is 23.3 Å². The smallest absolute Gasteiger partial charge is 0.264 e. The number of hydrogen-bond donors (Lipinski definition) is 3. The molecule has 11 heteroatoms. The number of rotatable bonds is 6. The molecule has 0 unspecified atom stereocenters. The second kappa shape index (κ2) is 9.32. The maximum atomic E-state index is 14.5. The number of hydrogen-bond acceptors (Lipinski definition) is 7. The van der Waals surface area contributed by atoms with Crippen molar-refractivity contribution in [3.63, 3.8) is 0 Å². The third kappa shape index (κ3) is 5.06. The topological polar surface area (TPSA) is 139 Å². The summed E-state index contributed by atoms with van der Waals surface area (Å²) >= 11 is 0. The highest BCUT2D eigenvalue weighted by Gasteiger charge is 2.43.